The van der Waals surface area contributed by atoms with Gasteiger partial charge in [0.1, 0.15) is 6.10 Å². The summed E-state index contributed by atoms with van der Waals surface area (Å²) in [7, 11) is 1.65. The van der Waals surface area contributed by atoms with Crippen LogP contribution >= 0.6 is 12.3 Å². The highest BCUT2D eigenvalue weighted by molar-refractivity contribution is 7.90. The van der Waals surface area contributed by atoms with Gasteiger partial charge in [0.15, 0.2) is 12.3 Å². The first kappa shape index (κ1) is 9.28. The molecule has 0 radical (unpaired) electrons. The zero-order chi connectivity index (χ0) is 7.94. The molecule has 1 aliphatic rings. The van der Waals surface area contributed by atoms with Gasteiger partial charge in [0.05, 0.1) is 26.4 Å². The first-order valence-corrected chi connectivity index (χ1v) is 4.12. The summed E-state index contributed by atoms with van der Waals surface area (Å²) < 4.78 is 20.0. The highest BCUT2D eigenvalue weighted by Gasteiger charge is 2.17. The van der Waals surface area contributed by atoms with E-state index in [1.807, 2.05) is 0 Å². The van der Waals surface area contributed by atoms with E-state index in [-0.39, 0.29) is 6.10 Å². The molecule has 66 valence electrons. The fourth-order valence-corrected chi connectivity index (χ4v) is 1.13. The molecule has 0 saturated carbocycles. The minimum atomic E-state index is 0.0804. The summed E-state index contributed by atoms with van der Waals surface area (Å²) in [5.41, 5.74) is 0. The second-order valence-electron chi connectivity index (χ2n) is 2.14. The molecule has 1 aliphatic heterocycles. The maximum atomic E-state index is 5.21. The van der Waals surface area contributed by atoms with Gasteiger partial charge < -0.3 is 9.47 Å². The lowest BCUT2D eigenvalue weighted by Crippen LogP contribution is -2.18. The molecule has 0 unspecified atom stereocenters. The van der Waals surface area contributed by atoms with Crippen molar-refractivity contribution in [2.45, 2.75) is 6.10 Å². The standard InChI is InChI=1S/C6H12O4S/c1-7-2-3-8-4-6-5-9-11-10-6/h6H,2-5H2,1H3/t6-/m1/s1. The SMILES string of the molecule is COCCOC[C@@H]1COSO1. The lowest BCUT2D eigenvalue weighted by Gasteiger charge is -2.06. The lowest BCUT2D eigenvalue weighted by atomic mass is 10.4. The molecule has 0 aliphatic carbocycles. The van der Waals surface area contributed by atoms with Crippen molar-refractivity contribution in [3.8, 4) is 0 Å². The van der Waals surface area contributed by atoms with E-state index >= 15 is 0 Å². The maximum absolute atomic E-state index is 5.21. The van der Waals surface area contributed by atoms with Gasteiger partial charge in [-0.1, -0.05) is 0 Å². The number of rotatable bonds is 5. The molecule has 0 aromatic heterocycles. The summed E-state index contributed by atoms with van der Waals surface area (Å²) in [6, 6.07) is 0. The van der Waals surface area contributed by atoms with E-state index in [2.05, 4.69) is 0 Å². The van der Waals surface area contributed by atoms with Gasteiger partial charge in [-0.25, -0.2) is 0 Å². The topological polar surface area (TPSA) is 36.9 Å². The lowest BCUT2D eigenvalue weighted by molar-refractivity contribution is 0.0307. The average molecular weight is 180 g/mol. The van der Waals surface area contributed by atoms with E-state index in [9.17, 15) is 0 Å². The summed E-state index contributed by atoms with van der Waals surface area (Å²) in [4.78, 5) is 0. The van der Waals surface area contributed by atoms with E-state index in [1.54, 1.807) is 7.11 Å². The van der Waals surface area contributed by atoms with Crippen LogP contribution in [0.2, 0.25) is 0 Å². The highest BCUT2D eigenvalue weighted by Crippen LogP contribution is 2.18. The number of hydrogen-bond acceptors (Lipinski definition) is 5. The Hall–Kier alpha value is 0.190. The van der Waals surface area contributed by atoms with Crippen molar-refractivity contribution >= 4 is 12.3 Å². The molecule has 1 saturated heterocycles. The van der Waals surface area contributed by atoms with E-state index in [0.29, 0.717) is 26.4 Å². The third-order valence-electron chi connectivity index (χ3n) is 1.21. The van der Waals surface area contributed by atoms with Gasteiger partial charge in [-0.15, -0.1) is 0 Å². The highest BCUT2D eigenvalue weighted by atomic mass is 32.2. The summed E-state index contributed by atoms with van der Waals surface area (Å²) in [6.45, 7) is 2.43. The summed E-state index contributed by atoms with van der Waals surface area (Å²) in [6.07, 6.45) is 0.0804. The monoisotopic (exact) mass is 180 g/mol. The summed E-state index contributed by atoms with van der Waals surface area (Å²) >= 11 is 1.03. The van der Waals surface area contributed by atoms with Crippen molar-refractivity contribution in [1.29, 1.82) is 0 Å². The number of ether oxygens (including phenoxy) is 2. The van der Waals surface area contributed by atoms with Gasteiger partial charge in [0.2, 0.25) is 0 Å². The molecule has 4 nitrogen and oxygen atoms in total. The Kier molecular flexibility index (Phi) is 4.89. The normalized spacial score (nSPS) is 24.3. The molecule has 11 heavy (non-hydrogen) atoms. The summed E-state index contributed by atoms with van der Waals surface area (Å²) in [5.74, 6) is 0. The van der Waals surface area contributed by atoms with Crippen LogP contribution in [0.25, 0.3) is 0 Å². The molecule has 1 atom stereocenters. The van der Waals surface area contributed by atoms with Crippen LogP contribution < -0.4 is 0 Å². The fourth-order valence-electron chi connectivity index (χ4n) is 0.648. The first-order chi connectivity index (χ1) is 5.43. The Morgan fingerprint density at radius 1 is 1.55 bits per heavy atom. The van der Waals surface area contributed by atoms with Gasteiger partial charge in [0, 0.05) is 7.11 Å². The van der Waals surface area contributed by atoms with Crippen molar-refractivity contribution in [3.63, 3.8) is 0 Å². The molecule has 0 aromatic rings. The predicted molar refractivity (Wildman–Crippen MR) is 41.1 cm³/mol. The van der Waals surface area contributed by atoms with Crippen molar-refractivity contribution in [1.82, 2.24) is 0 Å². The fraction of sp³-hybridized carbons (Fsp3) is 1.00. The third-order valence-corrected chi connectivity index (χ3v) is 1.80. The molecule has 0 spiro atoms. The second-order valence-corrected chi connectivity index (χ2v) is 2.70. The van der Waals surface area contributed by atoms with Crippen molar-refractivity contribution < 1.29 is 17.8 Å². The minimum absolute atomic E-state index is 0.0804. The predicted octanol–water partition coefficient (Wildman–Crippen LogP) is 0.628. The van der Waals surface area contributed by atoms with Crippen LogP contribution in [0.3, 0.4) is 0 Å². The Morgan fingerprint density at radius 2 is 2.45 bits per heavy atom. The van der Waals surface area contributed by atoms with Crippen LogP contribution in [-0.4, -0.2) is 39.6 Å². The molecular formula is C6H12O4S. The zero-order valence-corrected chi connectivity index (χ0v) is 7.26. The molecular weight excluding hydrogens is 168 g/mol. The maximum Gasteiger partial charge on any atom is 0.159 e. The molecule has 1 heterocycles. The first-order valence-electron chi connectivity index (χ1n) is 3.45. The molecule has 0 aromatic carbocycles. The molecule has 5 heteroatoms. The van der Waals surface area contributed by atoms with Crippen molar-refractivity contribution in [3.05, 3.63) is 0 Å². The second kappa shape index (κ2) is 5.79. The smallest absolute Gasteiger partial charge is 0.159 e. The van der Waals surface area contributed by atoms with Crippen LogP contribution in [-0.2, 0) is 17.8 Å². The van der Waals surface area contributed by atoms with Gasteiger partial charge in [-0.3, -0.25) is 8.37 Å². The minimum Gasteiger partial charge on any atom is -0.382 e. The number of hydrogen-bond donors (Lipinski definition) is 0. The van der Waals surface area contributed by atoms with Crippen LogP contribution in [0.1, 0.15) is 0 Å². The zero-order valence-electron chi connectivity index (χ0n) is 6.45. The van der Waals surface area contributed by atoms with Crippen LogP contribution in [0, 0.1) is 0 Å². The number of methoxy groups -OCH3 is 1. The molecule has 0 bridgehead atoms. The van der Waals surface area contributed by atoms with Gasteiger partial charge in [-0.2, -0.15) is 0 Å². The van der Waals surface area contributed by atoms with Gasteiger partial charge >= 0.3 is 0 Å². The van der Waals surface area contributed by atoms with E-state index < -0.39 is 0 Å². The van der Waals surface area contributed by atoms with Crippen LogP contribution in [0.15, 0.2) is 0 Å². The van der Waals surface area contributed by atoms with Crippen LogP contribution in [0.4, 0.5) is 0 Å². The van der Waals surface area contributed by atoms with Gasteiger partial charge in [-0.05, 0) is 0 Å². The average Bonchev–Trinajstić information content (AvgIpc) is 2.50. The Morgan fingerprint density at radius 3 is 3.09 bits per heavy atom. The molecule has 1 fully saturated rings. The molecule has 0 N–H and O–H groups in total. The molecule has 1 rings (SSSR count). The summed E-state index contributed by atoms with van der Waals surface area (Å²) in [5, 5.41) is 0. The van der Waals surface area contributed by atoms with Crippen molar-refractivity contribution in [2.75, 3.05) is 33.5 Å². The Bertz CT molecular complexity index is 94.6. The Balaban J connectivity index is 1.86. The quantitative estimate of drug-likeness (QED) is 0.458. The molecule has 0 amide bonds. The van der Waals surface area contributed by atoms with Crippen LogP contribution in [0.5, 0.6) is 0 Å². The Labute approximate surface area is 70.6 Å². The van der Waals surface area contributed by atoms with Crippen molar-refractivity contribution in [2.24, 2.45) is 0 Å². The van der Waals surface area contributed by atoms with Gasteiger partial charge in [0.25, 0.3) is 0 Å². The van der Waals surface area contributed by atoms with E-state index in [0.717, 1.165) is 12.3 Å². The third kappa shape index (κ3) is 3.93. The van der Waals surface area contributed by atoms with E-state index in [1.165, 1.54) is 0 Å². The largest absolute Gasteiger partial charge is 0.382 e. The van der Waals surface area contributed by atoms with E-state index in [4.69, 9.17) is 17.8 Å².